The predicted octanol–water partition coefficient (Wildman–Crippen LogP) is 4.15. The third-order valence-electron chi connectivity index (χ3n) is 3.56. The Balaban J connectivity index is 2.26. The lowest BCUT2D eigenvalue weighted by Gasteiger charge is -2.26. The number of thiophene rings is 1. The molecule has 1 heterocycles. The van der Waals surface area contributed by atoms with Gasteiger partial charge in [-0.1, -0.05) is 18.2 Å². The second-order valence-electron chi connectivity index (χ2n) is 5.29. The molecule has 1 aromatic heterocycles. The number of carbonyl (C=O) groups is 1. The number of hydrogen-bond donors (Lipinski definition) is 1. The summed E-state index contributed by atoms with van der Waals surface area (Å²) >= 11 is 1.79. The minimum absolute atomic E-state index is 0.149. The summed E-state index contributed by atoms with van der Waals surface area (Å²) in [7, 11) is 0. The van der Waals surface area contributed by atoms with Crippen molar-refractivity contribution in [3.8, 4) is 0 Å². The van der Waals surface area contributed by atoms with Gasteiger partial charge >= 0.3 is 5.97 Å². The third-order valence-corrected chi connectivity index (χ3v) is 4.56. The molecule has 0 aliphatic heterocycles. The second-order valence-corrected chi connectivity index (χ2v) is 6.75. The van der Waals surface area contributed by atoms with Gasteiger partial charge in [0, 0.05) is 28.5 Å². The first kappa shape index (κ1) is 15.6. The summed E-state index contributed by atoms with van der Waals surface area (Å²) in [6.45, 7) is 7.58. The van der Waals surface area contributed by atoms with Crippen LogP contribution in [0, 0.1) is 20.8 Å². The molecule has 0 fully saturated rings. The number of benzene rings is 1. The Morgan fingerprint density at radius 3 is 2.52 bits per heavy atom. The molecule has 4 heteroatoms. The first-order valence-corrected chi connectivity index (χ1v) is 7.87. The van der Waals surface area contributed by atoms with E-state index in [9.17, 15) is 4.79 Å². The second kappa shape index (κ2) is 6.76. The Hall–Kier alpha value is -1.81. The molecule has 1 aromatic carbocycles. The number of para-hydroxylation sites is 1. The number of carboxylic acids is 1. The van der Waals surface area contributed by atoms with Gasteiger partial charge in [0.1, 0.15) is 0 Å². The fraction of sp³-hybridized carbons (Fsp3) is 0.353. The fourth-order valence-corrected chi connectivity index (χ4v) is 3.42. The van der Waals surface area contributed by atoms with Crippen LogP contribution >= 0.6 is 11.3 Å². The summed E-state index contributed by atoms with van der Waals surface area (Å²) in [5, 5.41) is 8.98. The van der Waals surface area contributed by atoms with Crippen LogP contribution in [0.4, 0.5) is 5.69 Å². The lowest BCUT2D eigenvalue weighted by molar-refractivity contribution is -0.136. The summed E-state index contributed by atoms with van der Waals surface area (Å²) in [6.07, 6.45) is 0.149. The van der Waals surface area contributed by atoms with Gasteiger partial charge in [-0.3, -0.25) is 4.79 Å². The summed E-state index contributed by atoms with van der Waals surface area (Å²) in [6, 6.07) is 10.3. The van der Waals surface area contributed by atoms with Gasteiger partial charge in [0.25, 0.3) is 0 Å². The molecule has 0 aliphatic carbocycles. The molecule has 0 saturated carbocycles. The molecule has 0 spiro atoms. The standard InChI is InChI=1S/C17H21NO2S/c1-12-6-4-5-7-16(12)18(9-8-17(19)20)11-15-10-13(2)21-14(15)3/h4-7,10H,8-9,11H2,1-3H3,(H,19,20). The number of nitrogens with zero attached hydrogens (tertiary/aromatic N) is 1. The molecule has 21 heavy (non-hydrogen) atoms. The highest BCUT2D eigenvalue weighted by Crippen LogP contribution is 2.26. The zero-order valence-corrected chi connectivity index (χ0v) is 13.5. The summed E-state index contributed by atoms with van der Waals surface area (Å²) in [4.78, 5) is 15.7. The maximum absolute atomic E-state index is 10.9. The van der Waals surface area contributed by atoms with Crippen LogP contribution in [-0.2, 0) is 11.3 Å². The van der Waals surface area contributed by atoms with Crippen molar-refractivity contribution in [1.29, 1.82) is 0 Å². The highest BCUT2D eigenvalue weighted by molar-refractivity contribution is 7.12. The molecule has 0 aliphatic rings. The van der Waals surface area contributed by atoms with E-state index in [2.05, 4.69) is 43.9 Å². The van der Waals surface area contributed by atoms with E-state index in [1.165, 1.54) is 20.9 Å². The van der Waals surface area contributed by atoms with Crippen molar-refractivity contribution in [2.75, 3.05) is 11.4 Å². The fourth-order valence-electron chi connectivity index (χ4n) is 2.48. The maximum Gasteiger partial charge on any atom is 0.305 e. The average Bonchev–Trinajstić information content (AvgIpc) is 2.73. The maximum atomic E-state index is 10.9. The van der Waals surface area contributed by atoms with Gasteiger partial charge in [0.05, 0.1) is 6.42 Å². The number of aliphatic carboxylic acids is 1. The van der Waals surface area contributed by atoms with Gasteiger partial charge in [0.2, 0.25) is 0 Å². The lowest BCUT2D eigenvalue weighted by Crippen LogP contribution is -2.26. The highest BCUT2D eigenvalue weighted by Gasteiger charge is 2.13. The van der Waals surface area contributed by atoms with Crippen LogP contribution in [0.5, 0.6) is 0 Å². The molecular weight excluding hydrogens is 282 g/mol. The molecule has 2 rings (SSSR count). The Morgan fingerprint density at radius 2 is 1.95 bits per heavy atom. The van der Waals surface area contributed by atoms with Crippen LogP contribution in [-0.4, -0.2) is 17.6 Å². The van der Waals surface area contributed by atoms with Crippen LogP contribution < -0.4 is 4.90 Å². The number of rotatable bonds is 6. The third kappa shape index (κ3) is 4.08. The summed E-state index contributed by atoms with van der Waals surface area (Å²) in [5.41, 5.74) is 3.57. The first-order chi connectivity index (χ1) is 9.97. The van der Waals surface area contributed by atoms with Crippen molar-refractivity contribution in [2.24, 2.45) is 0 Å². The molecule has 0 atom stereocenters. The van der Waals surface area contributed by atoms with E-state index in [4.69, 9.17) is 5.11 Å². The predicted molar refractivity (Wildman–Crippen MR) is 88.3 cm³/mol. The minimum Gasteiger partial charge on any atom is -0.481 e. The Bertz CT molecular complexity index is 633. The molecule has 2 aromatic rings. The topological polar surface area (TPSA) is 40.5 Å². The molecule has 0 bridgehead atoms. The van der Waals surface area contributed by atoms with Crippen molar-refractivity contribution >= 4 is 23.0 Å². The van der Waals surface area contributed by atoms with Crippen molar-refractivity contribution in [2.45, 2.75) is 33.7 Å². The van der Waals surface area contributed by atoms with Gasteiger partial charge in [-0.2, -0.15) is 0 Å². The van der Waals surface area contributed by atoms with Crippen molar-refractivity contribution in [3.05, 3.63) is 51.2 Å². The molecule has 3 nitrogen and oxygen atoms in total. The monoisotopic (exact) mass is 303 g/mol. The van der Waals surface area contributed by atoms with E-state index >= 15 is 0 Å². The molecule has 112 valence electrons. The van der Waals surface area contributed by atoms with E-state index in [1.807, 2.05) is 12.1 Å². The minimum atomic E-state index is -0.758. The first-order valence-electron chi connectivity index (χ1n) is 7.05. The van der Waals surface area contributed by atoms with Crippen molar-refractivity contribution in [1.82, 2.24) is 0 Å². The molecule has 0 radical (unpaired) electrons. The van der Waals surface area contributed by atoms with Gasteiger partial charge in [-0.15, -0.1) is 11.3 Å². The Labute approximate surface area is 129 Å². The van der Waals surface area contributed by atoms with Crippen LogP contribution in [0.3, 0.4) is 0 Å². The average molecular weight is 303 g/mol. The van der Waals surface area contributed by atoms with E-state index in [0.717, 1.165) is 12.2 Å². The Kier molecular flexibility index (Phi) is 5.02. The Morgan fingerprint density at radius 1 is 1.24 bits per heavy atom. The molecular formula is C17H21NO2S. The van der Waals surface area contributed by atoms with Crippen LogP contribution in [0.25, 0.3) is 0 Å². The zero-order valence-electron chi connectivity index (χ0n) is 12.7. The van der Waals surface area contributed by atoms with Crippen LogP contribution in [0.1, 0.15) is 27.3 Å². The molecule has 0 amide bonds. The number of anilines is 1. The normalized spacial score (nSPS) is 10.6. The van der Waals surface area contributed by atoms with Gasteiger partial charge in [0.15, 0.2) is 0 Å². The van der Waals surface area contributed by atoms with E-state index in [1.54, 1.807) is 11.3 Å². The van der Waals surface area contributed by atoms with Crippen LogP contribution in [0.2, 0.25) is 0 Å². The zero-order chi connectivity index (χ0) is 15.4. The van der Waals surface area contributed by atoms with E-state index in [0.29, 0.717) is 6.54 Å². The molecule has 1 N–H and O–H groups in total. The largest absolute Gasteiger partial charge is 0.481 e. The lowest BCUT2D eigenvalue weighted by atomic mass is 10.1. The van der Waals surface area contributed by atoms with Crippen molar-refractivity contribution < 1.29 is 9.90 Å². The van der Waals surface area contributed by atoms with E-state index in [-0.39, 0.29) is 6.42 Å². The number of aryl methyl sites for hydroxylation is 3. The smallest absolute Gasteiger partial charge is 0.305 e. The van der Waals surface area contributed by atoms with E-state index < -0.39 is 5.97 Å². The van der Waals surface area contributed by atoms with Crippen molar-refractivity contribution in [3.63, 3.8) is 0 Å². The van der Waals surface area contributed by atoms with Gasteiger partial charge < -0.3 is 10.0 Å². The van der Waals surface area contributed by atoms with Gasteiger partial charge in [-0.25, -0.2) is 0 Å². The highest BCUT2D eigenvalue weighted by atomic mass is 32.1. The number of carboxylic acid groups (broad SMARTS) is 1. The quantitative estimate of drug-likeness (QED) is 0.871. The number of hydrogen-bond acceptors (Lipinski definition) is 3. The summed E-state index contributed by atoms with van der Waals surface area (Å²) in [5.74, 6) is -0.758. The SMILES string of the molecule is Cc1cc(CN(CCC(=O)O)c2ccccc2C)c(C)s1. The van der Waals surface area contributed by atoms with Gasteiger partial charge in [-0.05, 0) is 44.0 Å². The van der Waals surface area contributed by atoms with Crippen LogP contribution in [0.15, 0.2) is 30.3 Å². The molecule has 0 unspecified atom stereocenters. The molecule has 0 saturated heterocycles. The summed E-state index contributed by atoms with van der Waals surface area (Å²) < 4.78 is 0.